The van der Waals surface area contributed by atoms with Crippen molar-refractivity contribution >= 4 is 7.85 Å². The monoisotopic (exact) mass is 372 g/mol. The zero-order valence-corrected chi connectivity index (χ0v) is 14.9. The maximum absolute atomic E-state index is 5.56. The summed E-state index contributed by atoms with van der Waals surface area (Å²) >= 11 is 0. The normalized spacial score (nSPS) is 17.6. The second-order valence-corrected chi connectivity index (χ2v) is 2.68. The highest BCUT2D eigenvalue weighted by molar-refractivity contribution is 6.11. The lowest BCUT2D eigenvalue weighted by Crippen LogP contribution is -2.27. The van der Waals surface area contributed by atoms with Crippen LogP contribution in [0.1, 0.15) is 106 Å². The van der Waals surface area contributed by atoms with E-state index in [4.69, 9.17) is 22.1 Å². The van der Waals surface area contributed by atoms with Gasteiger partial charge in [0, 0.05) is 20.2 Å². The molecule has 25 heavy (non-hydrogen) atoms. The summed E-state index contributed by atoms with van der Waals surface area (Å²) in [4.78, 5) is 0. The molecule has 0 aliphatic carbocycles. The van der Waals surface area contributed by atoms with Gasteiger partial charge in [-0.1, -0.05) is 99.9 Å². The van der Waals surface area contributed by atoms with Gasteiger partial charge in [-0.05, 0) is 6.42 Å². The molecular weight excluding hydrogens is 311 g/mol. The van der Waals surface area contributed by atoms with Gasteiger partial charge in [0.05, 0.1) is 12.7 Å². The van der Waals surface area contributed by atoms with Crippen LogP contribution >= 0.6 is 0 Å². The van der Waals surface area contributed by atoms with Crippen molar-refractivity contribution in [3.05, 3.63) is 0 Å². The van der Waals surface area contributed by atoms with Crippen LogP contribution in [0, 0.1) is 0 Å². The van der Waals surface area contributed by atoms with Crippen LogP contribution in [-0.2, 0) is 14.2 Å². The first-order valence-electron chi connectivity index (χ1n) is 7.70. The van der Waals surface area contributed by atoms with Crippen LogP contribution < -0.4 is 0 Å². The Balaban J connectivity index is -0.0000000180. The maximum atomic E-state index is 5.56. The van der Waals surface area contributed by atoms with Crippen molar-refractivity contribution in [2.45, 2.75) is 125 Å². The second-order valence-electron chi connectivity index (χ2n) is 2.68. The number of hydrogen-bond acceptors (Lipinski definition) is 3. The number of methoxy groups -OCH3 is 2. The minimum Gasteiger partial charge on any atom is -0.382 e. The summed E-state index contributed by atoms with van der Waals surface area (Å²) in [6, 6.07) is -0.194. The molecule has 1 aliphatic heterocycles. The number of hydrogen-bond donors (Lipinski definition) is 0. The molecule has 1 heterocycles. The molecule has 0 aromatic carbocycles. The Bertz CT molecular complexity index is 126. The SMILES string of the molecule is C.C.C.C.C.C.CC.CC.CC.CC.[B][C@H]1CC(OC)[C@@H](COC)O1. The van der Waals surface area contributed by atoms with Gasteiger partial charge in [-0.3, -0.25) is 0 Å². The Hall–Kier alpha value is -0.0551. The van der Waals surface area contributed by atoms with Crippen LogP contribution in [0.5, 0.6) is 0 Å². The Morgan fingerprint density at radius 1 is 0.760 bits per heavy atom. The highest BCUT2D eigenvalue weighted by Crippen LogP contribution is 2.20. The first-order valence-corrected chi connectivity index (χ1v) is 7.70. The Morgan fingerprint density at radius 2 is 1.08 bits per heavy atom. The van der Waals surface area contributed by atoms with Gasteiger partial charge in [-0.2, -0.15) is 0 Å². The summed E-state index contributed by atoms with van der Waals surface area (Å²) in [5.74, 6) is 0. The van der Waals surface area contributed by atoms with Crippen LogP contribution in [0.25, 0.3) is 0 Å². The minimum absolute atomic E-state index is 0. The predicted molar refractivity (Wildman–Crippen MR) is 127 cm³/mol. The third kappa shape index (κ3) is 40.2. The van der Waals surface area contributed by atoms with E-state index in [-0.39, 0.29) is 62.8 Å². The summed E-state index contributed by atoms with van der Waals surface area (Å²) in [5, 5.41) is 0. The molecule has 2 radical (unpaired) electrons. The molecule has 0 aromatic heterocycles. The molecule has 3 atom stereocenters. The van der Waals surface area contributed by atoms with Crippen molar-refractivity contribution in [3.63, 3.8) is 0 Å². The van der Waals surface area contributed by atoms with E-state index in [2.05, 4.69) is 0 Å². The minimum atomic E-state index is -0.194. The predicted octanol–water partition coefficient (Wildman–Crippen LogP) is 7.85. The van der Waals surface area contributed by atoms with Gasteiger partial charge in [0.2, 0.25) is 0 Å². The smallest absolute Gasteiger partial charge is 0.109 e. The molecule has 0 aromatic rings. The topological polar surface area (TPSA) is 27.7 Å². The Kier molecular flexibility index (Phi) is 166. The van der Waals surface area contributed by atoms with Crippen molar-refractivity contribution in [2.24, 2.45) is 0 Å². The highest BCUT2D eigenvalue weighted by Gasteiger charge is 2.32. The fourth-order valence-electron chi connectivity index (χ4n) is 1.31. The lowest BCUT2D eigenvalue weighted by Gasteiger charge is -2.15. The highest BCUT2D eigenvalue weighted by atomic mass is 16.6. The zero-order valence-electron chi connectivity index (χ0n) is 14.9. The van der Waals surface area contributed by atoms with Gasteiger partial charge in [-0.25, -0.2) is 0 Å². The van der Waals surface area contributed by atoms with Crippen molar-refractivity contribution in [2.75, 3.05) is 20.8 Å². The molecule has 0 N–H and O–H groups in total. The van der Waals surface area contributed by atoms with Crippen LogP contribution in [0.3, 0.4) is 0 Å². The van der Waals surface area contributed by atoms with Gasteiger partial charge in [0.25, 0.3) is 0 Å². The van der Waals surface area contributed by atoms with E-state index in [1.54, 1.807) is 14.2 Å². The third-order valence-corrected chi connectivity index (χ3v) is 1.86. The summed E-state index contributed by atoms with van der Waals surface area (Å²) < 4.78 is 15.4. The van der Waals surface area contributed by atoms with Gasteiger partial charge in [-0.15, -0.1) is 0 Å². The molecule has 166 valence electrons. The van der Waals surface area contributed by atoms with Crippen LogP contribution in [0.2, 0.25) is 0 Å². The molecular formula is C21H61BO3. The van der Waals surface area contributed by atoms with Crippen molar-refractivity contribution in [3.8, 4) is 0 Å². The number of ether oxygens (including phenoxy) is 3. The average molecular weight is 373 g/mol. The fraction of sp³-hybridized carbons (Fsp3) is 1.00. The first-order chi connectivity index (χ1) is 9.27. The molecule has 1 saturated heterocycles. The van der Waals surface area contributed by atoms with E-state index in [1.165, 1.54) is 0 Å². The molecule has 3 nitrogen and oxygen atoms in total. The molecule has 0 amide bonds. The Morgan fingerprint density at radius 3 is 1.32 bits per heavy atom. The average Bonchev–Trinajstić information content (AvgIpc) is 2.88. The third-order valence-electron chi connectivity index (χ3n) is 1.86. The van der Waals surface area contributed by atoms with E-state index in [1.807, 2.05) is 55.4 Å². The maximum Gasteiger partial charge on any atom is 0.109 e. The summed E-state index contributed by atoms with van der Waals surface area (Å²) in [7, 11) is 8.86. The van der Waals surface area contributed by atoms with Gasteiger partial charge in [0.15, 0.2) is 0 Å². The molecule has 1 fully saturated rings. The summed E-state index contributed by atoms with van der Waals surface area (Å²) in [5.41, 5.74) is 0. The zero-order chi connectivity index (χ0) is 16.3. The van der Waals surface area contributed by atoms with E-state index in [9.17, 15) is 0 Å². The lowest BCUT2D eigenvalue weighted by molar-refractivity contribution is -0.0315. The summed E-state index contributed by atoms with van der Waals surface area (Å²) in [6.07, 6.45) is 0.842. The number of rotatable bonds is 3. The van der Waals surface area contributed by atoms with Crippen molar-refractivity contribution in [1.82, 2.24) is 0 Å². The van der Waals surface area contributed by atoms with Crippen molar-refractivity contribution < 1.29 is 14.2 Å². The molecule has 4 heteroatoms. The molecule has 0 spiro atoms. The lowest BCUT2D eigenvalue weighted by atomic mass is 9.96. The molecule has 0 saturated carbocycles. The molecule has 0 bridgehead atoms. The first kappa shape index (κ1) is 64.0. The standard InChI is InChI=1S/C7H13BO3.4C2H6.6CH4/c1-9-4-6-5(10-2)3-7(8)11-6;4*1-2;;;;;;/h5-7H,3-4H2,1-2H3;4*1-2H3;6*1H4/t5?,6-,7-;;;;;;;;;;/m1........../s1. The summed E-state index contributed by atoms with van der Waals surface area (Å²) in [6.45, 7) is 16.5. The van der Waals surface area contributed by atoms with E-state index < -0.39 is 0 Å². The molecule has 1 rings (SSSR count). The van der Waals surface area contributed by atoms with Gasteiger partial charge >= 0.3 is 0 Å². The quantitative estimate of drug-likeness (QED) is 0.472. The van der Waals surface area contributed by atoms with E-state index in [0.29, 0.717) is 6.61 Å². The van der Waals surface area contributed by atoms with E-state index >= 15 is 0 Å². The van der Waals surface area contributed by atoms with E-state index in [0.717, 1.165) is 6.42 Å². The molecule has 1 aliphatic rings. The van der Waals surface area contributed by atoms with Crippen LogP contribution in [0.4, 0.5) is 0 Å². The second kappa shape index (κ2) is 64.8. The van der Waals surface area contributed by atoms with Gasteiger partial charge < -0.3 is 14.2 Å². The van der Waals surface area contributed by atoms with Crippen molar-refractivity contribution in [1.29, 1.82) is 0 Å². The van der Waals surface area contributed by atoms with Gasteiger partial charge in [0.1, 0.15) is 14.0 Å². The van der Waals surface area contributed by atoms with Crippen LogP contribution in [0.15, 0.2) is 0 Å². The Labute approximate surface area is 168 Å². The molecule has 1 unspecified atom stereocenters. The fourth-order valence-corrected chi connectivity index (χ4v) is 1.31. The van der Waals surface area contributed by atoms with Crippen LogP contribution in [-0.4, -0.2) is 46.9 Å². The largest absolute Gasteiger partial charge is 0.382 e.